The molecule has 0 aliphatic heterocycles. The van der Waals surface area contributed by atoms with Crippen LogP contribution in [0.25, 0.3) is 0 Å². The van der Waals surface area contributed by atoms with Gasteiger partial charge in [-0.25, -0.2) is 0 Å². The van der Waals surface area contributed by atoms with Gasteiger partial charge in [0.2, 0.25) is 0 Å². The van der Waals surface area contributed by atoms with Crippen molar-refractivity contribution in [3.8, 4) is 0 Å². The van der Waals surface area contributed by atoms with Crippen LogP contribution in [0.15, 0.2) is 54.6 Å². The van der Waals surface area contributed by atoms with Crippen molar-refractivity contribution in [2.45, 2.75) is 31.1 Å². The Labute approximate surface area is 136 Å². The molecule has 0 unspecified atom stereocenters. The summed E-state index contributed by atoms with van der Waals surface area (Å²) in [6.45, 7) is 2.18. The Kier molecular flexibility index (Phi) is 4.28. The predicted octanol–water partition coefficient (Wildman–Crippen LogP) is 3.61. The van der Waals surface area contributed by atoms with Crippen LogP contribution in [0.5, 0.6) is 0 Å². The molecule has 1 aliphatic rings. The number of hydrogen-bond acceptors (Lipinski definition) is 3. The fraction of sp³-hybridized carbons (Fsp3) is 0.300. The maximum Gasteiger partial charge on any atom is 0.313 e. The van der Waals surface area contributed by atoms with Crippen molar-refractivity contribution in [1.82, 2.24) is 0 Å². The third-order valence-corrected chi connectivity index (χ3v) is 4.71. The lowest BCUT2D eigenvalue weighted by molar-refractivity contribution is -0.145. The lowest BCUT2D eigenvalue weighted by Gasteiger charge is -2.38. The lowest BCUT2D eigenvalue weighted by atomic mass is 9.64. The molecule has 0 bridgehead atoms. The fourth-order valence-corrected chi connectivity index (χ4v) is 3.58. The van der Waals surface area contributed by atoms with E-state index in [9.17, 15) is 9.59 Å². The van der Waals surface area contributed by atoms with E-state index in [0.29, 0.717) is 19.4 Å². The summed E-state index contributed by atoms with van der Waals surface area (Å²) in [4.78, 5) is 24.4. The first-order valence-corrected chi connectivity index (χ1v) is 8.01. The third kappa shape index (κ3) is 2.56. The van der Waals surface area contributed by atoms with Gasteiger partial charge < -0.3 is 9.53 Å². The first-order valence-electron chi connectivity index (χ1n) is 8.01. The molecule has 0 radical (unpaired) electrons. The average molecular weight is 308 g/mol. The van der Waals surface area contributed by atoms with Crippen molar-refractivity contribution < 1.29 is 14.3 Å². The number of rotatable bonds is 4. The molecular weight excluding hydrogens is 288 g/mol. The van der Waals surface area contributed by atoms with Crippen LogP contribution in [0.3, 0.4) is 0 Å². The molecule has 2 aromatic rings. The highest BCUT2D eigenvalue weighted by Gasteiger charge is 2.43. The molecule has 0 saturated heterocycles. The average Bonchev–Trinajstić information content (AvgIpc) is 2.61. The SMILES string of the molecule is CCOC(=O)[C@H]1CC[C@](C=O)(c2ccccc2)c2ccccc21. The summed E-state index contributed by atoms with van der Waals surface area (Å²) in [6.07, 6.45) is 2.26. The van der Waals surface area contributed by atoms with Crippen LogP contribution in [0.2, 0.25) is 0 Å². The van der Waals surface area contributed by atoms with Gasteiger partial charge in [0.1, 0.15) is 6.29 Å². The van der Waals surface area contributed by atoms with Crippen molar-refractivity contribution in [2.75, 3.05) is 6.61 Å². The number of carbonyl (C=O) groups is 2. The monoisotopic (exact) mass is 308 g/mol. The van der Waals surface area contributed by atoms with Crippen molar-refractivity contribution in [2.24, 2.45) is 0 Å². The Bertz CT molecular complexity index is 708. The molecule has 2 atom stereocenters. The minimum Gasteiger partial charge on any atom is -0.466 e. The normalized spacial score (nSPS) is 22.9. The van der Waals surface area contributed by atoms with Crippen LogP contribution in [-0.2, 0) is 19.7 Å². The van der Waals surface area contributed by atoms with Gasteiger partial charge in [-0.05, 0) is 36.5 Å². The van der Waals surface area contributed by atoms with Gasteiger partial charge in [0.05, 0.1) is 17.9 Å². The molecule has 0 spiro atoms. The second kappa shape index (κ2) is 6.37. The minimum atomic E-state index is -0.680. The molecule has 0 fully saturated rings. The number of carbonyl (C=O) groups excluding carboxylic acids is 2. The summed E-state index contributed by atoms with van der Waals surface area (Å²) in [5.41, 5.74) is 2.13. The maximum atomic E-state index is 12.3. The van der Waals surface area contributed by atoms with Crippen molar-refractivity contribution in [3.63, 3.8) is 0 Å². The number of hydrogen-bond donors (Lipinski definition) is 0. The topological polar surface area (TPSA) is 43.4 Å². The molecule has 23 heavy (non-hydrogen) atoms. The molecule has 3 heteroatoms. The number of benzene rings is 2. The van der Waals surface area contributed by atoms with Crippen LogP contribution < -0.4 is 0 Å². The van der Waals surface area contributed by atoms with E-state index in [4.69, 9.17) is 4.74 Å². The van der Waals surface area contributed by atoms with Crippen LogP contribution >= 0.6 is 0 Å². The molecule has 0 aromatic heterocycles. The van der Waals surface area contributed by atoms with E-state index in [1.54, 1.807) is 0 Å². The fourth-order valence-electron chi connectivity index (χ4n) is 3.58. The van der Waals surface area contributed by atoms with Gasteiger partial charge in [0.15, 0.2) is 0 Å². The quantitative estimate of drug-likeness (QED) is 0.640. The highest BCUT2D eigenvalue weighted by molar-refractivity contribution is 5.84. The Morgan fingerprint density at radius 3 is 2.57 bits per heavy atom. The number of aldehydes is 1. The molecule has 3 rings (SSSR count). The summed E-state index contributed by atoms with van der Waals surface area (Å²) in [5.74, 6) is -0.490. The van der Waals surface area contributed by atoms with Gasteiger partial charge in [0.25, 0.3) is 0 Å². The van der Waals surface area contributed by atoms with Gasteiger partial charge >= 0.3 is 5.97 Å². The van der Waals surface area contributed by atoms with E-state index < -0.39 is 5.41 Å². The third-order valence-electron chi connectivity index (χ3n) is 4.71. The van der Waals surface area contributed by atoms with Crippen molar-refractivity contribution in [1.29, 1.82) is 0 Å². The smallest absolute Gasteiger partial charge is 0.313 e. The summed E-state index contributed by atoms with van der Waals surface area (Å²) in [6, 6.07) is 17.5. The predicted molar refractivity (Wildman–Crippen MR) is 88.3 cm³/mol. The van der Waals surface area contributed by atoms with Crippen LogP contribution in [0, 0.1) is 0 Å². The van der Waals surface area contributed by atoms with Gasteiger partial charge in [-0.2, -0.15) is 0 Å². The number of esters is 1. The molecule has 0 amide bonds. The Hall–Kier alpha value is -2.42. The molecular formula is C20H20O3. The van der Waals surface area contributed by atoms with E-state index in [1.807, 2.05) is 61.5 Å². The van der Waals surface area contributed by atoms with Gasteiger partial charge in [0, 0.05) is 0 Å². The standard InChI is InChI=1S/C20H20O3/c1-2-23-19(22)17-12-13-20(14-21,15-8-4-3-5-9-15)18-11-7-6-10-16(17)18/h3-11,14,17H,2,12-13H2,1H3/t17-,20-/m0/s1. The molecule has 0 N–H and O–H groups in total. The van der Waals surface area contributed by atoms with E-state index in [-0.39, 0.29) is 11.9 Å². The zero-order chi connectivity index (χ0) is 16.3. The molecule has 1 aliphatic carbocycles. The van der Waals surface area contributed by atoms with E-state index in [0.717, 1.165) is 23.0 Å². The highest BCUT2D eigenvalue weighted by atomic mass is 16.5. The minimum absolute atomic E-state index is 0.201. The molecule has 0 saturated carbocycles. The van der Waals surface area contributed by atoms with Crippen molar-refractivity contribution >= 4 is 12.3 Å². The van der Waals surface area contributed by atoms with Crippen LogP contribution in [0.4, 0.5) is 0 Å². The number of fused-ring (bicyclic) bond motifs is 1. The maximum absolute atomic E-state index is 12.3. The first kappa shape index (κ1) is 15.5. The second-order valence-corrected chi connectivity index (χ2v) is 5.89. The summed E-state index contributed by atoms with van der Waals surface area (Å²) >= 11 is 0. The summed E-state index contributed by atoms with van der Waals surface area (Å²) in [5, 5.41) is 0. The Balaban J connectivity index is 2.13. The largest absolute Gasteiger partial charge is 0.466 e. The molecule has 0 heterocycles. The van der Waals surface area contributed by atoms with Crippen LogP contribution in [0.1, 0.15) is 42.4 Å². The first-order chi connectivity index (χ1) is 11.2. The zero-order valence-corrected chi connectivity index (χ0v) is 13.2. The molecule has 3 nitrogen and oxygen atoms in total. The van der Waals surface area contributed by atoms with Crippen LogP contribution in [-0.4, -0.2) is 18.9 Å². The lowest BCUT2D eigenvalue weighted by Crippen LogP contribution is -2.37. The summed E-state index contributed by atoms with van der Waals surface area (Å²) < 4.78 is 5.22. The number of ether oxygens (including phenoxy) is 1. The second-order valence-electron chi connectivity index (χ2n) is 5.89. The van der Waals surface area contributed by atoms with E-state index in [2.05, 4.69) is 0 Å². The van der Waals surface area contributed by atoms with Gasteiger partial charge in [-0.1, -0.05) is 54.6 Å². The Morgan fingerprint density at radius 1 is 1.17 bits per heavy atom. The molecule has 118 valence electrons. The van der Waals surface area contributed by atoms with E-state index >= 15 is 0 Å². The van der Waals surface area contributed by atoms with Gasteiger partial charge in [-0.15, -0.1) is 0 Å². The van der Waals surface area contributed by atoms with Gasteiger partial charge in [-0.3, -0.25) is 4.79 Å². The van der Waals surface area contributed by atoms with Crippen molar-refractivity contribution in [3.05, 3.63) is 71.3 Å². The molecule has 2 aromatic carbocycles. The zero-order valence-electron chi connectivity index (χ0n) is 13.2. The highest BCUT2D eigenvalue weighted by Crippen LogP contribution is 2.46. The Morgan fingerprint density at radius 2 is 1.87 bits per heavy atom. The van der Waals surface area contributed by atoms with E-state index in [1.165, 1.54) is 0 Å². The summed E-state index contributed by atoms with van der Waals surface area (Å²) in [7, 11) is 0.